The maximum atomic E-state index is 5.99. The third-order valence-corrected chi connectivity index (χ3v) is 5.01. The summed E-state index contributed by atoms with van der Waals surface area (Å²) in [6, 6.07) is 8.10. The highest BCUT2D eigenvalue weighted by Gasteiger charge is 2.27. The lowest BCUT2D eigenvalue weighted by atomic mass is 9.82. The zero-order valence-electron chi connectivity index (χ0n) is 8.06. The van der Waals surface area contributed by atoms with Gasteiger partial charge in [0, 0.05) is 21.1 Å². The van der Waals surface area contributed by atoms with Gasteiger partial charge in [-0.2, -0.15) is 0 Å². The molecule has 0 nitrogen and oxygen atoms in total. The van der Waals surface area contributed by atoms with Gasteiger partial charge in [-0.25, -0.2) is 0 Å². The Balaban J connectivity index is 3.10. The Labute approximate surface area is 107 Å². The molecule has 0 radical (unpaired) electrons. The van der Waals surface area contributed by atoms with Gasteiger partial charge in [0.15, 0.2) is 0 Å². The van der Waals surface area contributed by atoms with E-state index in [0.29, 0.717) is 0 Å². The fourth-order valence-electron chi connectivity index (χ4n) is 1.40. The first-order chi connectivity index (χ1) is 6.68. The lowest BCUT2D eigenvalue weighted by molar-refractivity contribution is 0.534. The Bertz CT molecular complexity index is 287. The van der Waals surface area contributed by atoms with Crippen molar-refractivity contribution in [3.8, 4) is 0 Å². The Hall–Kier alpha value is 0.470. The Morgan fingerprint density at radius 3 is 2.36 bits per heavy atom. The van der Waals surface area contributed by atoms with Crippen LogP contribution in [-0.2, 0) is 5.41 Å². The van der Waals surface area contributed by atoms with Gasteiger partial charge in [0.2, 0.25) is 0 Å². The van der Waals surface area contributed by atoms with Crippen LogP contribution >= 0.6 is 43.5 Å². The van der Waals surface area contributed by atoms with Crippen molar-refractivity contribution in [2.45, 2.75) is 18.8 Å². The molecule has 0 aliphatic carbocycles. The molecular weight excluding hydrogens is 327 g/mol. The Morgan fingerprint density at radius 1 is 1.29 bits per heavy atom. The molecule has 0 heterocycles. The predicted molar refractivity (Wildman–Crippen MR) is 71.0 cm³/mol. The van der Waals surface area contributed by atoms with Gasteiger partial charge in [0.25, 0.3) is 0 Å². The first-order valence-electron chi connectivity index (χ1n) is 4.56. The zero-order valence-corrected chi connectivity index (χ0v) is 12.0. The summed E-state index contributed by atoms with van der Waals surface area (Å²) < 4.78 is 0. The topological polar surface area (TPSA) is 0 Å². The molecule has 0 saturated carbocycles. The fourth-order valence-corrected chi connectivity index (χ4v) is 3.96. The fraction of sp³-hybridized carbons (Fsp3) is 0.455. The lowest BCUT2D eigenvalue weighted by Crippen LogP contribution is -2.29. The van der Waals surface area contributed by atoms with Gasteiger partial charge >= 0.3 is 0 Å². The van der Waals surface area contributed by atoms with E-state index >= 15 is 0 Å². The molecule has 0 aliphatic heterocycles. The number of hydrogen-bond acceptors (Lipinski definition) is 0. The lowest BCUT2D eigenvalue weighted by Gasteiger charge is -2.29. The van der Waals surface area contributed by atoms with Crippen LogP contribution in [0.5, 0.6) is 0 Å². The van der Waals surface area contributed by atoms with Gasteiger partial charge in [-0.3, -0.25) is 0 Å². The summed E-state index contributed by atoms with van der Waals surface area (Å²) in [5.74, 6) is 0. The molecule has 0 unspecified atom stereocenters. The van der Waals surface area contributed by atoms with Crippen molar-refractivity contribution < 1.29 is 0 Å². The normalized spacial score (nSPS) is 11.7. The predicted octanol–water partition coefficient (Wildman–Crippen LogP) is 4.78. The SMILES string of the molecule is CCC(CBr)(CBr)c1cccc(Cl)c1. The van der Waals surface area contributed by atoms with E-state index < -0.39 is 0 Å². The summed E-state index contributed by atoms with van der Waals surface area (Å²) >= 11 is 13.2. The van der Waals surface area contributed by atoms with Crippen molar-refractivity contribution in [3.05, 3.63) is 34.9 Å². The van der Waals surface area contributed by atoms with Crippen molar-refractivity contribution in [3.63, 3.8) is 0 Å². The Morgan fingerprint density at radius 2 is 1.93 bits per heavy atom. The summed E-state index contributed by atoms with van der Waals surface area (Å²) in [6.07, 6.45) is 1.09. The molecule has 0 aromatic heterocycles. The summed E-state index contributed by atoms with van der Waals surface area (Å²) in [7, 11) is 0. The monoisotopic (exact) mass is 338 g/mol. The van der Waals surface area contributed by atoms with E-state index in [1.807, 2.05) is 18.2 Å². The molecule has 78 valence electrons. The van der Waals surface area contributed by atoms with Gasteiger partial charge < -0.3 is 0 Å². The quantitative estimate of drug-likeness (QED) is 0.692. The summed E-state index contributed by atoms with van der Waals surface area (Å²) in [5.41, 5.74) is 1.45. The number of benzene rings is 1. The second-order valence-corrected chi connectivity index (χ2v) is 4.97. The molecule has 0 bridgehead atoms. The molecule has 0 aliphatic rings. The smallest absolute Gasteiger partial charge is 0.0408 e. The van der Waals surface area contributed by atoms with E-state index in [1.54, 1.807) is 0 Å². The van der Waals surface area contributed by atoms with E-state index in [4.69, 9.17) is 11.6 Å². The molecule has 0 fully saturated rings. The molecule has 0 atom stereocenters. The van der Waals surface area contributed by atoms with Crippen LogP contribution in [0.1, 0.15) is 18.9 Å². The van der Waals surface area contributed by atoms with Crippen molar-refractivity contribution in [2.75, 3.05) is 10.7 Å². The van der Waals surface area contributed by atoms with E-state index in [1.165, 1.54) is 5.56 Å². The Kier molecular flexibility index (Phi) is 4.95. The van der Waals surface area contributed by atoms with Crippen molar-refractivity contribution in [2.24, 2.45) is 0 Å². The van der Waals surface area contributed by atoms with Crippen LogP contribution in [0.25, 0.3) is 0 Å². The summed E-state index contributed by atoms with van der Waals surface area (Å²) in [6.45, 7) is 2.20. The molecule has 0 saturated heterocycles. The molecule has 14 heavy (non-hydrogen) atoms. The highest BCUT2D eigenvalue weighted by Crippen LogP contribution is 2.33. The van der Waals surface area contributed by atoms with Gasteiger partial charge in [-0.05, 0) is 24.1 Å². The second kappa shape index (κ2) is 5.53. The third-order valence-electron chi connectivity index (χ3n) is 2.63. The second-order valence-electron chi connectivity index (χ2n) is 3.41. The van der Waals surface area contributed by atoms with E-state index in [9.17, 15) is 0 Å². The maximum absolute atomic E-state index is 5.99. The molecule has 0 amide bonds. The summed E-state index contributed by atoms with van der Waals surface area (Å²) in [4.78, 5) is 0. The minimum atomic E-state index is 0.158. The van der Waals surface area contributed by atoms with Crippen molar-refractivity contribution in [1.82, 2.24) is 0 Å². The van der Waals surface area contributed by atoms with Crippen molar-refractivity contribution >= 4 is 43.5 Å². The van der Waals surface area contributed by atoms with Crippen LogP contribution in [0.15, 0.2) is 24.3 Å². The van der Waals surface area contributed by atoms with Gasteiger partial charge in [-0.1, -0.05) is 62.5 Å². The van der Waals surface area contributed by atoms with Crippen LogP contribution in [0.2, 0.25) is 5.02 Å². The highest BCUT2D eigenvalue weighted by atomic mass is 79.9. The average Bonchev–Trinajstić information content (AvgIpc) is 2.22. The molecule has 1 rings (SSSR count). The molecular formula is C11H13Br2Cl. The minimum absolute atomic E-state index is 0.158. The van der Waals surface area contributed by atoms with Crippen LogP contribution in [-0.4, -0.2) is 10.7 Å². The molecule has 0 N–H and O–H groups in total. The molecule has 3 heteroatoms. The standard InChI is InChI=1S/C11H13Br2Cl/c1-2-11(7-12,8-13)9-4-3-5-10(14)6-9/h3-6H,2,7-8H2,1H3. The number of alkyl halides is 2. The third kappa shape index (κ3) is 2.53. The van der Waals surface area contributed by atoms with Crippen LogP contribution < -0.4 is 0 Å². The van der Waals surface area contributed by atoms with E-state index in [-0.39, 0.29) is 5.41 Å². The molecule has 1 aromatic rings. The molecule has 0 spiro atoms. The largest absolute Gasteiger partial charge is 0.0918 e. The first kappa shape index (κ1) is 12.5. The van der Waals surface area contributed by atoms with Crippen LogP contribution in [0, 0.1) is 0 Å². The van der Waals surface area contributed by atoms with Crippen molar-refractivity contribution in [1.29, 1.82) is 0 Å². The van der Waals surface area contributed by atoms with Gasteiger partial charge in [0.05, 0.1) is 0 Å². The first-order valence-corrected chi connectivity index (χ1v) is 7.18. The summed E-state index contributed by atoms with van der Waals surface area (Å²) in [5, 5.41) is 2.70. The number of rotatable bonds is 4. The number of hydrogen-bond donors (Lipinski definition) is 0. The van der Waals surface area contributed by atoms with Crippen LogP contribution in [0.4, 0.5) is 0 Å². The van der Waals surface area contributed by atoms with E-state index in [2.05, 4.69) is 44.8 Å². The average molecular weight is 340 g/mol. The number of halogens is 3. The maximum Gasteiger partial charge on any atom is 0.0408 e. The van der Waals surface area contributed by atoms with Crippen LogP contribution in [0.3, 0.4) is 0 Å². The molecule has 1 aromatic carbocycles. The highest BCUT2D eigenvalue weighted by molar-refractivity contribution is 9.09. The van der Waals surface area contributed by atoms with E-state index in [0.717, 1.165) is 22.1 Å². The zero-order chi connectivity index (χ0) is 10.6. The van der Waals surface area contributed by atoms with Gasteiger partial charge in [-0.15, -0.1) is 0 Å². The van der Waals surface area contributed by atoms with Gasteiger partial charge in [0.1, 0.15) is 0 Å². The minimum Gasteiger partial charge on any atom is -0.0918 e.